The fourth-order valence-electron chi connectivity index (χ4n) is 2.49. The maximum Gasteiger partial charge on any atom is 0.186 e. The van der Waals surface area contributed by atoms with Gasteiger partial charge in [-0.3, -0.25) is 0 Å². The quantitative estimate of drug-likeness (QED) is 0.875. The summed E-state index contributed by atoms with van der Waals surface area (Å²) in [5.74, 6) is 0. The number of nitrogens with zero attached hydrogens (tertiary/aromatic N) is 2. The van der Waals surface area contributed by atoms with Crippen LogP contribution in [0.2, 0.25) is 0 Å². The average molecular weight is 239 g/mol. The van der Waals surface area contributed by atoms with Gasteiger partial charge in [0.05, 0.1) is 5.69 Å². The largest absolute Gasteiger partial charge is 0.342 e. The highest BCUT2D eigenvalue weighted by molar-refractivity contribution is 7.13. The Labute approximate surface area is 102 Å². The van der Waals surface area contributed by atoms with Gasteiger partial charge in [-0.2, -0.15) is 0 Å². The molecule has 4 heteroatoms. The van der Waals surface area contributed by atoms with E-state index in [0.717, 1.165) is 12.2 Å². The molecule has 0 aromatic carbocycles. The van der Waals surface area contributed by atoms with Crippen LogP contribution in [0.15, 0.2) is 5.38 Å². The van der Waals surface area contributed by atoms with Crippen molar-refractivity contribution in [1.82, 2.24) is 10.3 Å². The van der Waals surface area contributed by atoms with Gasteiger partial charge in [0.25, 0.3) is 0 Å². The van der Waals surface area contributed by atoms with Crippen LogP contribution in [0.1, 0.15) is 38.8 Å². The van der Waals surface area contributed by atoms with Crippen LogP contribution in [-0.2, 0) is 6.54 Å². The normalized spacial score (nSPS) is 25.3. The molecule has 1 aliphatic heterocycles. The minimum Gasteiger partial charge on any atom is -0.342 e. The van der Waals surface area contributed by atoms with Gasteiger partial charge >= 0.3 is 0 Å². The van der Waals surface area contributed by atoms with Crippen molar-refractivity contribution in [3.63, 3.8) is 0 Å². The zero-order chi connectivity index (χ0) is 11.5. The van der Waals surface area contributed by atoms with E-state index in [0.29, 0.717) is 12.1 Å². The van der Waals surface area contributed by atoms with Crippen molar-refractivity contribution in [3.8, 4) is 0 Å². The molecule has 16 heavy (non-hydrogen) atoms. The molecule has 2 unspecified atom stereocenters. The number of hydrogen-bond acceptors (Lipinski definition) is 4. The van der Waals surface area contributed by atoms with E-state index < -0.39 is 0 Å². The molecule has 2 rings (SSSR count). The summed E-state index contributed by atoms with van der Waals surface area (Å²) in [6, 6.07) is 1.35. The predicted octanol–water partition coefficient (Wildman–Crippen LogP) is 2.63. The lowest BCUT2D eigenvalue weighted by Crippen LogP contribution is -2.34. The van der Waals surface area contributed by atoms with Gasteiger partial charge in [0, 0.05) is 24.0 Å². The Morgan fingerprint density at radius 2 is 2.38 bits per heavy atom. The molecular formula is C12H21N3S. The summed E-state index contributed by atoms with van der Waals surface area (Å²) in [5, 5.41) is 6.53. The zero-order valence-corrected chi connectivity index (χ0v) is 11.2. The third-order valence-corrected chi connectivity index (χ3v) is 4.28. The smallest absolute Gasteiger partial charge is 0.186 e. The summed E-state index contributed by atoms with van der Waals surface area (Å²) in [4.78, 5) is 7.23. The molecule has 1 fully saturated rings. The van der Waals surface area contributed by atoms with E-state index in [9.17, 15) is 0 Å². The minimum absolute atomic E-state index is 0.651. The third kappa shape index (κ3) is 2.23. The van der Waals surface area contributed by atoms with Crippen molar-refractivity contribution >= 4 is 16.5 Å². The Kier molecular flexibility index (Phi) is 3.82. The Bertz CT molecular complexity index is 337. The Balaban J connectivity index is 2.14. The van der Waals surface area contributed by atoms with Gasteiger partial charge in [-0.05, 0) is 33.2 Å². The summed E-state index contributed by atoms with van der Waals surface area (Å²) in [7, 11) is 1.96. The Hall–Kier alpha value is -0.610. The number of anilines is 1. The first-order valence-electron chi connectivity index (χ1n) is 6.13. The van der Waals surface area contributed by atoms with Crippen molar-refractivity contribution in [3.05, 3.63) is 11.1 Å². The van der Waals surface area contributed by atoms with Crippen molar-refractivity contribution in [2.45, 2.75) is 51.7 Å². The summed E-state index contributed by atoms with van der Waals surface area (Å²) >= 11 is 1.78. The monoisotopic (exact) mass is 239 g/mol. The second kappa shape index (κ2) is 5.15. The van der Waals surface area contributed by atoms with Gasteiger partial charge in [-0.25, -0.2) is 4.98 Å². The van der Waals surface area contributed by atoms with Crippen LogP contribution >= 0.6 is 11.3 Å². The molecule has 0 saturated carbocycles. The van der Waals surface area contributed by atoms with Gasteiger partial charge in [0.2, 0.25) is 0 Å². The van der Waals surface area contributed by atoms with Crippen LogP contribution in [0.4, 0.5) is 5.13 Å². The fraction of sp³-hybridized carbons (Fsp3) is 0.750. The molecule has 0 spiro atoms. The molecule has 1 aromatic rings. The Morgan fingerprint density at radius 3 is 3.06 bits per heavy atom. The average Bonchev–Trinajstić information content (AvgIpc) is 2.85. The highest BCUT2D eigenvalue weighted by Crippen LogP contribution is 2.33. The molecule has 1 N–H and O–H groups in total. The molecule has 0 bridgehead atoms. The second-order valence-corrected chi connectivity index (χ2v) is 5.38. The van der Waals surface area contributed by atoms with Gasteiger partial charge in [-0.1, -0.05) is 6.92 Å². The first kappa shape index (κ1) is 11.9. The zero-order valence-electron chi connectivity index (χ0n) is 10.4. The van der Waals surface area contributed by atoms with Crippen molar-refractivity contribution < 1.29 is 0 Å². The van der Waals surface area contributed by atoms with Gasteiger partial charge in [0.1, 0.15) is 0 Å². The molecule has 1 saturated heterocycles. The molecule has 0 aliphatic carbocycles. The first-order valence-corrected chi connectivity index (χ1v) is 7.01. The second-order valence-electron chi connectivity index (χ2n) is 4.55. The van der Waals surface area contributed by atoms with E-state index >= 15 is 0 Å². The number of aromatic nitrogens is 1. The standard InChI is InChI=1S/C12H21N3S/c1-4-11-6-5-9(2)15(11)12-14-10(7-13-3)8-16-12/h8-9,11,13H,4-7H2,1-3H3. The SMILES string of the molecule is CCC1CCC(C)N1c1nc(CNC)cs1. The van der Waals surface area contributed by atoms with Crippen LogP contribution in [0, 0.1) is 0 Å². The maximum atomic E-state index is 4.71. The van der Waals surface area contributed by atoms with Gasteiger partial charge in [0.15, 0.2) is 5.13 Å². The maximum absolute atomic E-state index is 4.71. The van der Waals surface area contributed by atoms with Crippen molar-refractivity contribution in [2.75, 3.05) is 11.9 Å². The first-order chi connectivity index (χ1) is 7.76. The number of rotatable bonds is 4. The van der Waals surface area contributed by atoms with E-state index in [4.69, 9.17) is 4.98 Å². The van der Waals surface area contributed by atoms with Gasteiger partial charge < -0.3 is 10.2 Å². The van der Waals surface area contributed by atoms with Gasteiger partial charge in [-0.15, -0.1) is 11.3 Å². The van der Waals surface area contributed by atoms with Crippen LogP contribution in [0.25, 0.3) is 0 Å². The van der Waals surface area contributed by atoms with Crippen LogP contribution in [-0.4, -0.2) is 24.1 Å². The van der Waals surface area contributed by atoms with E-state index in [2.05, 4.69) is 29.4 Å². The van der Waals surface area contributed by atoms with Crippen molar-refractivity contribution in [1.29, 1.82) is 0 Å². The lowest BCUT2D eigenvalue weighted by Gasteiger charge is -2.27. The number of hydrogen-bond donors (Lipinski definition) is 1. The Morgan fingerprint density at radius 1 is 1.56 bits per heavy atom. The predicted molar refractivity (Wildman–Crippen MR) is 70.1 cm³/mol. The fourth-order valence-corrected chi connectivity index (χ4v) is 3.49. The summed E-state index contributed by atoms with van der Waals surface area (Å²) < 4.78 is 0. The highest BCUT2D eigenvalue weighted by Gasteiger charge is 2.31. The molecule has 1 aromatic heterocycles. The van der Waals surface area contributed by atoms with E-state index in [1.54, 1.807) is 11.3 Å². The molecule has 90 valence electrons. The molecule has 0 radical (unpaired) electrons. The van der Waals surface area contributed by atoms with E-state index in [1.165, 1.54) is 24.4 Å². The molecule has 1 aliphatic rings. The molecule has 0 amide bonds. The lowest BCUT2D eigenvalue weighted by molar-refractivity contribution is 0.625. The van der Waals surface area contributed by atoms with E-state index in [-0.39, 0.29) is 0 Å². The van der Waals surface area contributed by atoms with Crippen molar-refractivity contribution in [2.24, 2.45) is 0 Å². The number of nitrogens with one attached hydrogen (secondary N) is 1. The number of thiazole rings is 1. The minimum atomic E-state index is 0.651. The summed E-state index contributed by atoms with van der Waals surface area (Å²) in [5.41, 5.74) is 1.16. The highest BCUT2D eigenvalue weighted by atomic mass is 32.1. The molecule has 2 atom stereocenters. The van der Waals surface area contributed by atoms with E-state index in [1.807, 2.05) is 7.05 Å². The molecule has 3 nitrogen and oxygen atoms in total. The summed E-state index contributed by atoms with van der Waals surface area (Å²) in [6.45, 7) is 5.46. The topological polar surface area (TPSA) is 28.2 Å². The van der Waals surface area contributed by atoms with Crippen LogP contribution < -0.4 is 10.2 Å². The lowest BCUT2D eigenvalue weighted by atomic mass is 10.2. The molecule has 2 heterocycles. The molecular weight excluding hydrogens is 218 g/mol. The van der Waals surface area contributed by atoms with Crippen LogP contribution in [0.5, 0.6) is 0 Å². The van der Waals surface area contributed by atoms with Crippen LogP contribution in [0.3, 0.4) is 0 Å². The summed E-state index contributed by atoms with van der Waals surface area (Å²) in [6.07, 6.45) is 3.85. The third-order valence-electron chi connectivity index (χ3n) is 3.38.